The molecule has 7 heteroatoms. The first-order chi connectivity index (χ1) is 10.6. The molecule has 0 spiro atoms. The highest BCUT2D eigenvalue weighted by Gasteiger charge is 2.19. The molecule has 6 nitrogen and oxygen atoms in total. The summed E-state index contributed by atoms with van der Waals surface area (Å²) >= 11 is 3.13. The minimum absolute atomic E-state index is 0.0430. The van der Waals surface area contributed by atoms with Crippen molar-refractivity contribution in [3.8, 4) is 5.75 Å². The minimum atomic E-state index is -0.484. The van der Waals surface area contributed by atoms with E-state index in [0.717, 1.165) is 12.0 Å². The summed E-state index contributed by atoms with van der Waals surface area (Å²) < 4.78 is 16.7. The van der Waals surface area contributed by atoms with Crippen molar-refractivity contribution in [1.82, 2.24) is 0 Å². The molecule has 0 saturated carbocycles. The molecule has 1 aliphatic heterocycles. The molecule has 3 rings (SSSR count). The summed E-state index contributed by atoms with van der Waals surface area (Å²) in [6, 6.07) is 7.97. The molecule has 2 N–H and O–H groups in total. The highest BCUT2D eigenvalue weighted by Crippen LogP contribution is 2.31. The van der Waals surface area contributed by atoms with Gasteiger partial charge in [-0.3, -0.25) is 4.79 Å². The number of nitrogens with one attached hydrogen (secondary N) is 1. The summed E-state index contributed by atoms with van der Waals surface area (Å²) in [6.07, 6.45) is 0.369. The van der Waals surface area contributed by atoms with Crippen LogP contribution in [0.4, 0.5) is 5.69 Å². The number of anilines is 1. The largest absolute Gasteiger partial charge is 0.506 e. The van der Waals surface area contributed by atoms with E-state index >= 15 is 0 Å². The van der Waals surface area contributed by atoms with Crippen molar-refractivity contribution in [1.29, 1.82) is 0 Å². The molecule has 1 aromatic carbocycles. The van der Waals surface area contributed by atoms with E-state index in [-0.39, 0.29) is 17.2 Å². The van der Waals surface area contributed by atoms with Crippen molar-refractivity contribution in [2.75, 3.05) is 18.5 Å². The fourth-order valence-electron chi connectivity index (χ4n) is 2.10. The first kappa shape index (κ1) is 15.1. The number of ether oxygens (including phenoxy) is 2. The van der Waals surface area contributed by atoms with Crippen LogP contribution < -0.4 is 5.32 Å². The van der Waals surface area contributed by atoms with Gasteiger partial charge in [0.2, 0.25) is 0 Å². The van der Waals surface area contributed by atoms with E-state index in [1.165, 1.54) is 12.1 Å². The molecule has 1 aromatic heterocycles. The lowest BCUT2D eigenvalue weighted by molar-refractivity contribution is -0.183. The molecule has 0 aliphatic carbocycles. The van der Waals surface area contributed by atoms with Gasteiger partial charge in [0.05, 0.1) is 18.9 Å². The fraction of sp³-hybridized carbons (Fsp3) is 0.267. The second-order valence-electron chi connectivity index (χ2n) is 4.76. The van der Waals surface area contributed by atoms with Gasteiger partial charge < -0.3 is 24.3 Å². The maximum absolute atomic E-state index is 12.1. The van der Waals surface area contributed by atoms with E-state index in [9.17, 15) is 9.90 Å². The number of halogens is 1. The number of amides is 1. The fourth-order valence-corrected chi connectivity index (χ4v) is 2.41. The number of phenols is 1. The van der Waals surface area contributed by atoms with E-state index in [1.807, 2.05) is 0 Å². The Kier molecular flexibility index (Phi) is 4.47. The van der Waals surface area contributed by atoms with Gasteiger partial charge in [0.25, 0.3) is 5.91 Å². The van der Waals surface area contributed by atoms with Gasteiger partial charge in [-0.05, 0) is 46.6 Å². The van der Waals surface area contributed by atoms with Crippen molar-refractivity contribution in [2.45, 2.75) is 12.7 Å². The number of carbonyl (C=O) groups excluding carboxylic acids is 1. The first-order valence-electron chi connectivity index (χ1n) is 6.76. The highest BCUT2D eigenvalue weighted by atomic mass is 79.9. The second kappa shape index (κ2) is 6.51. The average Bonchev–Trinajstić information content (AvgIpc) is 2.97. The van der Waals surface area contributed by atoms with Crippen molar-refractivity contribution < 1.29 is 23.8 Å². The Labute approximate surface area is 135 Å². The smallest absolute Gasteiger partial charge is 0.291 e. The molecule has 1 saturated heterocycles. The summed E-state index contributed by atoms with van der Waals surface area (Å²) in [7, 11) is 0. The number of hydrogen-bond donors (Lipinski definition) is 2. The van der Waals surface area contributed by atoms with E-state index < -0.39 is 12.2 Å². The van der Waals surface area contributed by atoms with Crippen LogP contribution in [0.2, 0.25) is 0 Å². The van der Waals surface area contributed by atoms with Crippen LogP contribution in [0.3, 0.4) is 0 Å². The normalized spacial score (nSPS) is 15.7. The lowest BCUT2D eigenvalue weighted by Crippen LogP contribution is -2.18. The Morgan fingerprint density at radius 1 is 1.23 bits per heavy atom. The number of phenolic OH excluding ortho intramolecular Hbond substituents is 1. The third-order valence-electron chi connectivity index (χ3n) is 3.17. The molecule has 2 heterocycles. The van der Waals surface area contributed by atoms with E-state index in [4.69, 9.17) is 13.9 Å². The summed E-state index contributed by atoms with van der Waals surface area (Å²) in [5, 5.41) is 12.5. The second-order valence-corrected chi connectivity index (χ2v) is 5.54. The molecule has 116 valence electrons. The van der Waals surface area contributed by atoms with Crippen molar-refractivity contribution in [3.05, 3.63) is 46.3 Å². The zero-order valence-corrected chi connectivity index (χ0v) is 13.1. The topological polar surface area (TPSA) is 80.9 Å². The summed E-state index contributed by atoms with van der Waals surface area (Å²) in [6.45, 7) is 1.24. The van der Waals surface area contributed by atoms with Gasteiger partial charge in [0.15, 0.2) is 16.7 Å². The standard InChI is InChI=1S/C15H14BrNO5/c16-13-5-4-12(22-13)14(19)17-10-8-9(2-3-11(10)18)15-20-6-1-7-21-15/h2-5,8,15,18H,1,6-7H2,(H,17,19). The lowest BCUT2D eigenvalue weighted by Gasteiger charge is -2.24. The van der Waals surface area contributed by atoms with Crippen LogP contribution in [0.1, 0.15) is 28.8 Å². The molecule has 0 unspecified atom stereocenters. The summed E-state index contributed by atoms with van der Waals surface area (Å²) in [5.41, 5.74) is 1.00. The van der Waals surface area contributed by atoms with Crippen molar-refractivity contribution >= 4 is 27.5 Å². The molecule has 2 aromatic rings. The number of carbonyl (C=O) groups is 1. The monoisotopic (exact) mass is 367 g/mol. The van der Waals surface area contributed by atoms with Crippen LogP contribution in [0.15, 0.2) is 39.4 Å². The Hall–Kier alpha value is -1.83. The van der Waals surface area contributed by atoms with E-state index in [0.29, 0.717) is 17.9 Å². The molecular formula is C15H14BrNO5. The Bertz CT molecular complexity index is 678. The van der Waals surface area contributed by atoms with Gasteiger partial charge in [0, 0.05) is 5.56 Å². The predicted molar refractivity (Wildman–Crippen MR) is 81.7 cm³/mol. The molecular weight excluding hydrogens is 354 g/mol. The maximum atomic E-state index is 12.1. The van der Waals surface area contributed by atoms with Crippen LogP contribution >= 0.6 is 15.9 Å². The summed E-state index contributed by atoms with van der Waals surface area (Å²) in [5.74, 6) is -0.357. The first-order valence-corrected chi connectivity index (χ1v) is 7.55. The zero-order chi connectivity index (χ0) is 15.5. The molecule has 0 radical (unpaired) electrons. The molecule has 1 fully saturated rings. The number of benzene rings is 1. The van der Waals surface area contributed by atoms with E-state index in [2.05, 4.69) is 21.2 Å². The van der Waals surface area contributed by atoms with Crippen molar-refractivity contribution in [3.63, 3.8) is 0 Å². The predicted octanol–water partition coefficient (Wildman–Crippen LogP) is 3.44. The van der Waals surface area contributed by atoms with Crippen molar-refractivity contribution in [2.24, 2.45) is 0 Å². The zero-order valence-electron chi connectivity index (χ0n) is 11.5. The highest BCUT2D eigenvalue weighted by molar-refractivity contribution is 9.10. The van der Waals surface area contributed by atoms with Crippen LogP contribution in [0, 0.1) is 0 Å². The molecule has 0 bridgehead atoms. The third-order valence-corrected chi connectivity index (χ3v) is 3.59. The number of hydrogen-bond acceptors (Lipinski definition) is 5. The van der Waals surface area contributed by atoms with Gasteiger partial charge in [-0.2, -0.15) is 0 Å². The van der Waals surface area contributed by atoms with Gasteiger partial charge >= 0.3 is 0 Å². The van der Waals surface area contributed by atoms with Crippen LogP contribution in [0.25, 0.3) is 0 Å². The third kappa shape index (κ3) is 3.32. The van der Waals surface area contributed by atoms with Crippen LogP contribution in [0.5, 0.6) is 5.75 Å². The van der Waals surface area contributed by atoms with Crippen LogP contribution in [-0.2, 0) is 9.47 Å². The van der Waals surface area contributed by atoms with Gasteiger partial charge in [-0.25, -0.2) is 0 Å². The molecule has 0 atom stereocenters. The molecule has 22 heavy (non-hydrogen) atoms. The molecule has 1 aliphatic rings. The Morgan fingerprint density at radius 2 is 2.00 bits per heavy atom. The van der Waals surface area contributed by atoms with Gasteiger partial charge in [0.1, 0.15) is 5.75 Å². The Morgan fingerprint density at radius 3 is 2.68 bits per heavy atom. The number of rotatable bonds is 3. The Balaban J connectivity index is 1.79. The summed E-state index contributed by atoms with van der Waals surface area (Å²) in [4.78, 5) is 12.1. The van der Waals surface area contributed by atoms with E-state index in [1.54, 1.807) is 18.2 Å². The maximum Gasteiger partial charge on any atom is 0.291 e. The quantitative estimate of drug-likeness (QED) is 0.812. The van der Waals surface area contributed by atoms with Crippen LogP contribution in [-0.4, -0.2) is 24.2 Å². The van der Waals surface area contributed by atoms with Gasteiger partial charge in [-0.1, -0.05) is 6.07 Å². The van der Waals surface area contributed by atoms with Gasteiger partial charge in [-0.15, -0.1) is 0 Å². The SMILES string of the molecule is O=C(Nc1cc(C2OCCCO2)ccc1O)c1ccc(Br)o1. The minimum Gasteiger partial charge on any atom is -0.506 e. The number of aromatic hydroxyl groups is 1. The molecule has 1 amide bonds. The average molecular weight is 368 g/mol. The lowest BCUT2D eigenvalue weighted by atomic mass is 10.1. The number of furan rings is 1.